The SMILES string of the molecule is CCc1c(C(=O)N2CCCC2)cnn1-c1ccccc1. The van der Waals surface area contributed by atoms with Crippen LogP contribution < -0.4 is 0 Å². The lowest BCUT2D eigenvalue weighted by Gasteiger charge is -2.15. The number of benzene rings is 1. The molecule has 0 N–H and O–H groups in total. The fraction of sp³-hybridized carbons (Fsp3) is 0.375. The zero-order valence-electron chi connectivity index (χ0n) is 11.7. The maximum absolute atomic E-state index is 12.5. The van der Waals surface area contributed by atoms with E-state index in [1.807, 2.05) is 39.9 Å². The van der Waals surface area contributed by atoms with Crippen LogP contribution in [0.3, 0.4) is 0 Å². The molecule has 0 unspecified atom stereocenters. The second kappa shape index (κ2) is 5.49. The number of hydrogen-bond acceptors (Lipinski definition) is 2. The average Bonchev–Trinajstić information content (AvgIpc) is 3.16. The Balaban J connectivity index is 1.97. The summed E-state index contributed by atoms with van der Waals surface area (Å²) in [7, 11) is 0. The number of rotatable bonds is 3. The summed E-state index contributed by atoms with van der Waals surface area (Å²) in [6, 6.07) is 9.97. The number of hydrogen-bond donors (Lipinski definition) is 0. The van der Waals surface area contributed by atoms with E-state index in [1.165, 1.54) is 0 Å². The van der Waals surface area contributed by atoms with Gasteiger partial charge in [-0.05, 0) is 31.4 Å². The van der Waals surface area contributed by atoms with E-state index in [9.17, 15) is 4.79 Å². The number of aromatic nitrogens is 2. The van der Waals surface area contributed by atoms with E-state index in [0.29, 0.717) is 0 Å². The molecule has 1 aromatic carbocycles. The van der Waals surface area contributed by atoms with Crippen LogP contribution in [0, 0.1) is 0 Å². The quantitative estimate of drug-likeness (QED) is 0.859. The predicted molar refractivity (Wildman–Crippen MR) is 78.1 cm³/mol. The molecule has 2 aromatic rings. The predicted octanol–water partition coefficient (Wildman–Crippen LogP) is 2.67. The van der Waals surface area contributed by atoms with Crippen molar-refractivity contribution in [1.29, 1.82) is 0 Å². The van der Waals surface area contributed by atoms with E-state index in [0.717, 1.165) is 49.3 Å². The number of likely N-dealkylation sites (tertiary alicyclic amines) is 1. The van der Waals surface area contributed by atoms with Crippen molar-refractivity contribution in [3.05, 3.63) is 47.8 Å². The molecule has 0 atom stereocenters. The summed E-state index contributed by atoms with van der Waals surface area (Å²) < 4.78 is 1.88. The number of carbonyl (C=O) groups is 1. The van der Waals surface area contributed by atoms with Gasteiger partial charge in [-0.15, -0.1) is 0 Å². The molecule has 4 nitrogen and oxygen atoms in total. The zero-order valence-corrected chi connectivity index (χ0v) is 11.7. The Kier molecular flexibility index (Phi) is 3.54. The highest BCUT2D eigenvalue weighted by Gasteiger charge is 2.24. The lowest BCUT2D eigenvalue weighted by Crippen LogP contribution is -2.28. The van der Waals surface area contributed by atoms with Gasteiger partial charge in [0, 0.05) is 13.1 Å². The minimum Gasteiger partial charge on any atom is -0.339 e. The Labute approximate surface area is 119 Å². The fourth-order valence-electron chi connectivity index (χ4n) is 2.77. The molecule has 1 fully saturated rings. The molecule has 0 radical (unpaired) electrons. The smallest absolute Gasteiger partial charge is 0.257 e. The summed E-state index contributed by atoms with van der Waals surface area (Å²) in [6.07, 6.45) is 4.73. The van der Waals surface area contributed by atoms with Crippen molar-refractivity contribution in [2.24, 2.45) is 0 Å². The van der Waals surface area contributed by atoms with Crippen LogP contribution in [0.4, 0.5) is 0 Å². The van der Waals surface area contributed by atoms with Gasteiger partial charge in [0.25, 0.3) is 5.91 Å². The second-order valence-corrected chi connectivity index (χ2v) is 5.11. The average molecular weight is 269 g/mol. The Bertz CT molecular complexity index is 597. The monoisotopic (exact) mass is 269 g/mol. The second-order valence-electron chi connectivity index (χ2n) is 5.11. The summed E-state index contributed by atoms with van der Waals surface area (Å²) >= 11 is 0. The van der Waals surface area contributed by atoms with Crippen molar-refractivity contribution in [3.63, 3.8) is 0 Å². The fourth-order valence-corrected chi connectivity index (χ4v) is 2.77. The minimum absolute atomic E-state index is 0.126. The van der Waals surface area contributed by atoms with Crippen LogP contribution in [0.15, 0.2) is 36.5 Å². The Morgan fingerprint density at radius 1 is 1.20 bits per heavy atom. The third-order valence-corrected chi connectivity index (χ3v) is 3.83. The third-order valence-electron chi connectivity index (χ3n) is 3.83. The first kappa shape index (κ1) is 12.9. The van der Waals surface area contributed by atoms with Gasteiger partial charge in [0.2, 0.25) is 0 Å². The van der Waals surface area contributed by atoms with Gasteiger partial charge in [0.15, 0.2) is 0 Å². The summed E-state index contributed by atoms with van der Waals surface area (Å²) in [4.78, 5) is 14.5. The van der Waals surface area contributed by atoms with E-state index in [-0.39, 0.29) is 5.91 Å². The third kappa shape index (κ3) is 2.22. The van der Waals surface area contributed by atoms with Gasteiger partial charge in [0.1, 0.15) is 0 Å². The Morgan fingerprint density at radius 2 is 1.90 bits per heavy atom. The van der Waals surface area contributed by atoms with Crippen molar-refractivity contribution in [2.45, 2.75) is 26.2 Å². The summed E-state index contributed by atoms with van der Waals surface area (Å²) in [6.45, 7) is 3.81. The first-order valence-corrected chi connectivity index (χ1v) is 7.23. The first-order valence-electron chi connectivity index (χ1n) is 7.23. The van der Waals surface area contributed by atoms with Crippen molar-refractivity contribution in [1.82, 2.24) is 14.7 Å². The molecule has 0 bridgehead atoms. The first-order chi connectivity index (χ1) is 9.81. The van der Waals surface area contributed by atoms with Crippen LogP contribution in [0.1, 0.15) is 35.8 Å². The lowest BCUT2D eigenvalue weighted by atomic mass is 10.1. The zero-order chi connectivity index (χ0) is 13.9. The molecule has 0 spiro atoms. The van der Waals surface area contributed by atoms with Crippen LogP contribution in [0.5, 0.6) is 0 Å². The Morgan fingerprint density at radius 3 is 2.55 bits per heavy atom. The standard InChI is InChI=1S/C16H19N3O/c1-2-15-14(16(20)18-10-6-7-11-18)12-17-19(15)13-8-4-3-5-9-13/h3-5,8-9,12H,2,6-7,10-11H2,1H3. The van der Waals surface area contributed by atoms with Gasteiger partial charge < -0.3 is 4.90 Å². The van der Waals surface area contributed by atoms with Crippen molar-refractivity contribution < 1.29 is 4.79 Å². The molecule has 1 aliphatic rings. The van der Waals surface area contributed by atoms with E-state index in [1.54, 1.807) is 6.20 Å². The molecule has 1 saturated heterocycles. The normalized spacial score (nSPS) is 14.8. The van der Waals surface area contributed by atoms with Crippen LogP contribution in [-0.2, 0) is 6.42 Å². The van der Waals surface area contributed by atoms with Crippen LogP contribution in [0.2, 0.25) is 0 Å². The molecule has 0 saturated carbocycles. The molecular formula is C16H19N3O. The number of amides is 1. The molecule has 0 aliphatic carbocycles. The molecule has 1 aromatic heterocycles. The molecular weight excluding hydrogens is 250 g/mol. The molecule has 4 heteroatoms. The number of carbonyl (C=O) groups excluding carboxylic acids is 1. The van der Waals surface area contributed by atoms with Gasteiger partial charge in [-0.3, -0.25) is 4.79 Å². The molecule has 20 heavy (non-hydrogen) atoms. The summed E-state index contributed by atoms with van der Waals surface area (Å²) in [5.74, 6) is 0.126. The van der Waals surface area contributed by atoms with Gasteiger partial charge in [0.05, 0.1) is 23.1 Å². The van der Waals surface area contributed by atoms with Gasteiger partial charge >= 0.3 is 0 Å². The van der Waals surface area contributed by atoms with E-state index < -0.39 is 0 Å². The van der Waals surface area contributed by atoms with Gasteiger partial charge in [-0.25, -0.2) is 4.68 Å². The van der Waals surface area contributed by atoms with Crippen LogP contribution >= 0.6 is 0 Å². The summed E-state index contributed by atoms with van der Waals surface area (Å²) in [5, 5.41) is 4.42. The van der Waals surface area contributed by atoms with Crippen LogP contribution in [-0.4, -0.2) is 33.7 Å². The van der Waals surface area contributed by atoms with Gasteiger partial charge in [-0.2, -0.15) is 5.10 Å². The maximum atomic E-state index is 12.5. The van der Waals surface area contributed by atoms with Crippen molar-refractivity contribution in [3.8, 4) is 5.69 Å². The topological polar surface area (TPSA) is 38.1 Å². The maximum Gasteiger partial charge on any atom is 0.257 e. The van der Waals surface area contributed by atoms with Crippen LogP contribution in [0.25, 0.3) is 5.69 Å². The minimum atomic E-state index is 0.126. The highest BCUT2D eigenvalue weighted by Crippen LogP contribution is 2.19. The highest BCUT2D eigenvalue weighted by molar-refractivity contribution is 5.95. The largest absolute Gasteiger partial charge is 0.339 e. The van der Waals surface area contributed by atoms with E-state index in [4.69, 9.17) is 0 Å². The molecule has 1 aliphatic heterocycles. The van der Waals surface area contributed by atoms with Gasteiger partial charge in [-0.1, -0.05) is 25.1 Å². The number of para-hydroxylation sites is 1. The Hall–Kier alpha value is -2.10. The molecule has 1 amide bonds. The molecule has 104 valence electrons. The van der Waals surface area contributed by atoms with E-state index in [2.05, 4.69) is 12.0 Å². The molecule has 2 heterocycles. The van der Waals surface area contributed by atoms with E-state index >= 15 is 0 Å². The molecule has 3 rings (SSSR count). The summed E-state index contributed by atoms with van der Waals surface area (Å²) in [5.41, 5.74) is 2.75. The highest BCUT2D eigenvalue weighted by atomic mass is 16.2. The lowest BCUT2D eigenvalue weighted by molar-refractivity contribution is 0.0791. The van der Waals surface area contributed by atoms with Crippen molar-refractivity contribution >= 4 is 5.91 Å². The number of nitrogens with zero attached hydrogens (tertiary/aromatic N) is 3. The van der Waals surface area contributed by atoms with Crippen molar-refractivity contribution in [2.75, 3.05) is 13.1 Å².